The van der Waals surface area contributed by atoms with Crippen molar-refractivity contribution < 1.29 is 18.3 Å². The summed E-state index contributed by atoms with van der Waals surface area (Å²) in [6.45, 7) is 1.05. The third kappa shape index (κ3) is 5.19. The number of likely N-dealkylation sites (tertiary alicyclic amines) is 1. The van der Waals surface area contributed by atoms with Gasteiger partial charge in [-0.25, -0.2) is 18.2 Å². The van der Waals surface area contributed by atoms with Gasteiger partial charge in [-0.05, 0) is 66.1 Å². The molecule has 10 heteroatoms. The van der Waals surface area contributed by atoms with Crippen molar-refractivity contribution in [2.45, 2.75) is 23.7 Å². The fourth-order valence-corrected chi connectivity index (χ4v) is 5.34. The lowest BCUT2D eigenvalue weighted by molar-refractivity contribution is 0.132. The molecule has 3 N–H and O–H groups in total. The molecule has 1 aliphatic heterocycles. The number of piperidine rings is 1. The summed E-state index contributed by atoms with van der Waals surface area (Å²) in [6, 6.07) is 18.0. The Bertz CT molecular complexity index is 1620. The van der Waals surface area contributed by atoms with Gasteiger partial charge in [0.05, 0.1) is 16.0 Å². The lowest BCUT2D eigenvalue weighted by atomic mass is 9.89. The standard InChI is InChI=1S/C27H26N4O5S/c1-37(35,36)22-8-4-19(5-9-22)23-16-20-10-13-28-26(32)24(20)25(30-23)29-21-6-2-17(3-7-21)18-11-14-31(15-12-18)27(33)34/h2-10,13,16,18H,11-12,14-15H2,1H3,(H,28,32)(H,29,30)(H,33,34). The summed E-state index contributed by atoms with van der Waals surface area (Å²) in [5.74, 6) is 0.689. The Morgan fingerprint density at radius 3 is 2.35 bits per heavy atom. The number of fused-ring (bicyclic) bond motifs is 1. The molecule has 5 rings (SSSR count). The Balaban J connectivity index is 1.44. The number of carbonyl (C=O) groups is 1. The van der Waals surface area contributed by atoms with Gasteiger partial charge in [0.15, 0.2) is 9.84 Å². The van der Waals surface area contributed by atoms with Gasteiger partial charge in [0.25, 0.3) is 5.56 Å². The van der Waals surface area contributed by atoms with Crippen LogP contribution in [-0.2, 0) is 9.84 Å². The fraction of sp³-hybridized carbons (Fsp3) is 0.222. The monoisotopic (exact) mass is 518 g/mol. The summed E-state index contributed by atoms with van der Waals surface area (Å²) in [7, 11) is -3.32. The van der Waals surface area contributed by atoms with Crippen LogP contribution >= 0.6 is 0 Å². The molecule has 190 valence electrons. The van der Waals surface area contributed by atoms with Gasteiger partial charge in [-0.1, -0.05) is 24.3 Å². The number of hydrogen-bond acceptors (Lipinski definition) is 6. The quantitative estimate of drug-likeness (QED) is 0.352. The summed E-state index contributed by atoms with van der Waals surface area (Å²) >= 11 is 0. The molecule has 37 heavy (non-hydrogen) atoms. The van der Waals surface area contributed by atoms with Crippen molar-refractivity contribution in [1.82, 2.24) is 14.9 Å². The van der Waals surface area contributed by atoms with Crippen LogP contribution < -0.4 is 10.9 Å². The van der Waals surface area contributed by atoms with Crippen LogP contribution in [0.2, 0.25) is 0 Å². The molecule has 9 nitrogen and oxygen atoms in total. The maximum atomic E-state index is 12.7. The van der Waals surface area contributed by atoms with E-state index in [-0.39, 0.29) is 10.5 Å². The molecule has 0 bridgehead atoms. The molecule has 0 aliphatic carbocycles. The van der Waals surface area contributed by atoms with Crippen molar-refractivity contribution in [3.8, 4) is 11.3 Å². The van der Waals surface area contributed by atoms with E-state index in [9.17, 15) is 18.0 Å². The lowest BCUT2D eigenvalue weighted by Gasteiger charge is -2.30. The predicted octanol–water partition coefficient (Wildman–Crippen LogP) is 4.59. The molecule has 1 saturated heterocycles. The highest BCUT2D eigenvalue weighted by Gasteiger charge is 2.23. The van der Waals surface area contributed by atoms with Crippen molar-refractivity contribution in [3.05, 3.63) is 82.8 Å². The number of nitrogens with one attached hydrogen (secondary N) is 2. The number of pyridine rings is 2. The number of benzene rings is 2. The van der Waals surface area contributed by atoms with Crippen LogP contribution in [0.15, 0.2) is 76.6 Å². The molecule has 0 unspecified atom stereocenters. The minimum atomic E-state index is -3.32. The fourth-order valence-electron chi connectivity index (χ4n) is 4.70. The number of hydrogen-bond donors (Lipinski definition) is 3. The molecule has 1 amide bonds. The molecule has 2 aromatic carbocycles. The van der Waals surface area contributed by atoms with Crippen molar-refractivity contribution in [2.24, 2.45) is 0 Å². The van der Waals surface area contributed by atoms with Gasteiger partial charge in [-0.3, -0.25) is 4.79 Å². The van der Waals surface area contributed by atoms with E-state index in [1.807, 2.05) is 24.3 Å². The highest BCUT2D eigenvalue weighted by Crippen LogP contribution is 2.31. The van der Waals surface area contributed by atoms with E-state index in [4.69, 9.17) is 10.1 Å². The van der Waals surface area contributed by atoms with E-state index in [0.717, 1.165) is 35.9 Å². The van der Waals surface area contributed by atoms with Crippen molar-refractivity contribution in [3.63, 3.8) is 0 Å². The molecule has 3 heterocycles. The number of amides is 1. The second-order valence-corrected chi connectivity index (χ2v) is 11.2. The minimum Gasteiger partial charge on any atom is -0.465 e. The maximum Gasteiger partial charge on any atom is 0.407 e. The van der Waals surface area contributed by atoms with Crippen LogP contribution in [0.25, 0.3) is 22.0 Å². The first kappa shape index (κ1) is 24.5. The second kappa shape index (κ2) is 9.70. The zero-order valence-electron chi connectivity index (χ0n) is 20.1. The molecule has 2 aromatic heterocycles. The second-order valence-electron chi connectivity index (χ2n) is 9.21. The van der Waals surface area contributed by atoms with E-state index in [2.05, 4.69) is 10.3 Å². The molecule has 0 saturated carbocycles. The normalized spacial score (nSPS) is 14.6. The van der Waals surface area contributed by atoms with Gasteiger partial charge in [0, 0.05) is 36.8 Å². The number of aromatic nitrogens is 2. The van der Waals surface area contributed by atoms with Crippen LogP contribution in [0, 0.1) is 0 Å². The van der Waals surface area contributed by atoms with Crippen molar-refractivity contribution in [2.75, 3.05) is 24.7 Å². The van der Waals surface area contributed by atoms with Gasteiger partial charge in [-0.2, -0.15) is 0 Å². The van der Waals surface area contributed by atoms with Gasteiger partial charge in [-0.15, -0.1) is 0 Å². The number of carboxylic acid groups (broad SMARTS) is 1. The first-order valence-corrected chi connectivity index (χ1v) is 13.8. The van der Waals surface area contributed by atoms with Gasteiger partial charge < -0.3 is 20.3 Å². The summed E-state index contributed by atoms with van der Waals surface area (Å²) in [4.78, 5) is 32.9. The zero-order chi connectivity index (χ0) is 26.2. The average Bonchev–Trinajstić information content (AvgIpc) is 2.89. The van der Waals surface area contributed by atoms with Crippen LogP contribution in [0.1, 0.15) is 24.3 Å². The molecule has 1 fully saturated rings. The summed E-state index contributed by atoms with van der Waals surface area (Å²) in [5.41, 5.74) is 2.95. The van der Waals surface area contributed by atoms with E-state index in [0.29, 0.717) is 41.3 Å². The predicted molar refractivity (Wildman–Crippen MR) is 142 cm³/mol. The Labute approximate surface area is 213 Å². The Morgan fingerprint density at radius 1 is 1.05 bits per heavy atom. The first-order chi connectivity index (χ1) is 17.7. The number of rotatable bonds is 5. The zero-order valence-corrected chi connectivity index (χ0v) is 21.0. The third-order valence-electron chi connectivity index (χ3n) is 6.74. The third-order valence-corrected chi connectivity index (χ3v) is 7.87. The molecular weight excluding hydrogens is 492 g/mol. The largest absolute Gasteiger partial charge is 0.465 e. The number of sulfone groups is 1. The van der Waals surface area contributed by atoms with Crippen LogP contribution in [0.3, 0.4) is 0 Å². The van der Waals surface area contributed by atoms with E-state index >= 15 is 0 Å². The maximum absolute atomic E-state index is 12.7. The SMILES string of the molecule is CS(=O)(=O)c1ccc(-c2cc3cc[nH]c(=O)c3c(Nc3ccc(C4CCN(C(=O)O)CC4)cc3)n2)cc1. The van der Waals surface area contributed by atoms with E-state index in [1.54, 1.807) is 42.6 Å². The summed E-state index contributed by atoms with van der Waals surface area (Å²) in [6.07, 6.45) is 3.42. The van der Waals surface area contributed by atoms with Crippen LogP contribution in [0.4, 0.5) is 16.3 Å². The summed E-state index contributed by atoms with van der Waals surface area (Å²) < 4.78 is 23.7. The molecule has 4 aromatic rings. The Hall–Kier alpha value is -4.18. The number of aromatic amines is 1. The minimum absolute atomic E-state index is 0.223. The van der Waals surface area contributed by atoms with Gasteiger partial charge >= 0.3 is 6.09 Å². The van der Waals surface area contributed by atoms with Crippen LogP contribution in [-0.4, -0.2) is 53.8 Å². The molecule has 0 spiro atoms. The van der Waals surface area contributed by atoms with E-state index < -0.39 is 15.9 Å². The lowest BCUT2D eigenvalue weighted by Crippen LogP contribution is -2.36. The molecule has 0 radical (unpaired) electrons. The molecular formula is C27H26N4O5S. The van der Waals surface area contributed by atoms with Crippen LogP contribution in [0.5, 0.6) is 0 Å². The Kier molecular flexibility index (Phi) is 6.43. The highest BCUT2D eigenvalue weighted by atomic mass is 32.2. The summed E-state index contributed by atoms with van der Waals surface area (Å²) in [5, 5.41) is 13.6. The topological polar surface area (TPSA) is 132 Å². The highest BCUT2D eigenvalue weighted by molar-refractivity contribution is 7.90. The number of anilines is 2. The average molecular weight is 519 g/mol. The van der Waals surface area contributed by atoms with Crippen molar-refractivity contribution >= 4 is 38.2 Å². The van der Waals surface area contributed by atoms with Crippen molar-refractivity contribution in [1.29, 1.82) is 0 Å². The number of H-pyrrole nitrogens is 1. The van der Waals surface area contributed by atoms with Gasteiger partial charge in [0.2, 0.25) is 0 Å². The number of nitrogens with zero attached hydrogens (tertiary/aromatic N) is 2. The molecule has 0 atom stereocenters. The first-order valence-electron chi connectivity index (χ1n) is 11.9. The van der Waals surface area contributed by atoms with Gasteiger partial charge in [0.1, 0.15) is 5.82 Å². The molecule has 1 aliphatic rings. The Morgan fingerprint density at radius 2 is 1.73 bits per heavy atom. The van der Waals surface area contributed by atoms with E-state index in [1.165, 1.54) is 4.90 Å². The smallest absolute Gasteiger partial charge is 0.407 e.